The molecule has 1 aromatic heterocycles. The number of nitrogens with zero attached hydrogens (tertiary/aromatic N) is 2. The van der Waals surface area contributed by atoms with Crippen LogP contribution in [0.4, 0.5) is 0 Å². The Morgan fingerprint density at radius 1 is 0.919 bits per heavy atom. The van der Waals surface area contributed by atoms with Crippen LogP contribution < -0.4 is 5.56 Å². The molecular formula is C31H28Cl2N2OS. The molecule has 1 heterocycles. The van der Waals surface area contributed by atoms with Crippen molar-refractivity contribution in [3.63, 3.8) is 0 Å². The first-order valence-electron chi connectivity index (χ1n) is 12.9. The zero-order valence-electron chi connectivity index (χ0n) is 20.6. The summed E-state index contributed by atoms with van der Waals surface area (Å²) >= 11 is 14.2. The molecule has 0 saturated heterocycles. The first-order chi connectivity index (χ1) is 18.0. The van der Waals surface area contributed by atoms with E-state index in [2.05, 4.69) is 36.4 Å². The lowest BCUT2D eigenvalue weighted by atomic mass is 9.62. The van der Waals surface area contributed by atoms with E-state index in [9.17, 15) is 4.79 Å². The standard InChI is InChI=1S/C31H28Cl2N2OS/c32-24-14-13-23(26(33)17-24)20-37-30-34-28-25-12-6-5-11-22(25)18-31(15-7-2-8-16-31)27(28)29(36)35(30)19-21-9-3-1-4-10-21/h1,3-6,9-14,17H,2,7-8,15-16,18-20H2. The Hall–Kier alpha value is -2.53. The fraction of sp³-hybridized carbons (Fsp3) is 0.290. The van der Waals surface area contributed by atoms with Gasteiger partial charge in [-0.25, -0.2) is 4.98 Å². The SMILES string of the molecule is O=c1c2c(nc(SCc3ccc(Cl)cc3Cl)n1Cc1ccccc1)-c1ccccc1CC21CCCCC1. The van der Waals surface area contributed by atoms with E-state index in [1.54, 1.807) is 17.8 Å². The number of hydrogen-bond acceptors (Lipinski definition) is 3. The van der Waals surface area contributed by atoms with Crippen LogP contribution in [0, 0.1) is 0 Å². The van der Waals surface area contributed by atoms with Crippen molar-refractivity contribution in [1.82, 2.24) is 9.55 Å². The van der Waals surface area contributed by atoms with Gasteiger partial charge in [-0.1, -0.05) is 115 Å². The van der Waals surface area contributed by atoms with E-state index in [0.29, 0.717) is 22.3 Å². The van der Waals surface area contributed by atoms with Crippen LogP contribution in [-0.2, 0) is 24.1 Å². The highest BCUT2D eigenvalue weighted by Gasteiger charge is 2.43. The molecular weight excluding hydrogens is 519 g/mol. The molecule has 6 heteroatoms. The molecule has 3 aromatic carbocycles. The third-order valence-corrected chi connectivity index (χ3v) is 9.44. The van der Waals surface area contributed by atoms with Crippen LogP contribution in [0.25, 0.3) is 11.3 Å². The number of thioether (sulfide) groups is 1. The van der Waals surface area contributed by atoms with Gasteiger partial charge in [0.25, 0.3) is 5.56 Å². The van der Waals surface area contributed by atoms with Crippen molar-refractivity contribution in [2.75, 3.05) is 0 Å². The van der Waals surface area contributed by atoms with Crippen molar-refractivity contribution in [2.45, 2.75) is 61.4 Å². The average molecular weight is 548 g/mol. The van der Waals surface area contributed by atoms with Crippen LogP contribution in [0.2, 0.25) is 10.0 Å². The van der Waals surface area contributed by atoms with Crippen LogP contribution in [0.1, 0.15) is 54.4 Å². The molecule has 0 aliphatic heterocycles. The molecule has 0 atom stereocenters. The fourth-order valence-corrected chi connectivity index (χ4v) is 7.57. The lowest BCUT2D eigenvalue weighted by Gasteiger charge is -2.42. The molecule has 188 valence electrons. The minimum Gasteiger partial charge on any atom is -0.283 e. The molecule has 0 amide bonds. The lowest BCUT2D eigenvalue weighted by molar-refractivity contribution is 0.282. The monoisotopic (exact) mass is 546 g/mol. The third kappa shape index (κ3) is 4.76. The average Bonchev–Trinajstić information content (AvgIpc) is 2.91. The number of hydrogen-bond donors (Lipinski definition) is 0. The van der Waals surface area contributed by atoms with Gasteiger partial charge in [0, 0.05) is 26.8 Å². The van der Waals surface area contributed by atoms with Gasteiger partial charge in [0.15, 0.2) is 5.16 Å². The van der Waals surface area contributed by atoms with Crippen LogP contribution in [0.5, 0.6) is 0 Å². The Kier molecular flexibility index (Phi) is 6.91. The second kappa shape index (κ2) is 10.3. The quantitative estimate of drug-likeness (QED) is 0.186. The predicted octanol–water partition coefficient (Wildman–Crippen LogP) is 8.32. The maximum atomic E-state index is 14.5. The van der Waals surface area contributed by atoms with E-state index in [1.165, 1.54) is 12.0 Å². The number of benzene rings is 3. The number of fused-ring (bicyclic) bond motifs is 4. The van der Waals surface area contributed by atoms with Crippen molar-refractivity contribution in [2.24, 2.45) is 0 Å². The van der Waals surface area contributed by atoms with Crippen LogP contribution in [-0.4, -0.2) is 9.55 Å². The van der Waals surface area contributed by atoms with Gasteiger partial charge >= 0.3 is 0 Å². The van der Waals surface area contributed by atoms with E-state index < -0.39 is 0 Å². The summed E-state index contributed by atoms with van der Waals surface area (Å²) in [4.78, 5) is 19.8. The summed E-state index contributed by atoms with van der Waals surface area (Å²) in [7, 11) is 0. The molecule has 1 saturated carbocycles. The number of rotatable bonds is 5. The molecule has 0 unspecified atom stereocenters. The van der Waals surface area contributed by atoms with Crippen molar-refractivity contribution >= 4 is 35.0 Å². The van der Waals surface area contributed by atoms with E-state index in [0.717, 1.165) is 65.2 Å². The Labute approximate surface area is 231 Å². The highest BCUT2D eigenvalue weighted by molar-refractivity contribution is 7.98. The topological polar surface area (TPSA) is 34.9 Å². The van der Waals surface area contributed by atoms with Gasteiger partial charge in [0.05, 0.1) is 17.8 Å². The van der Waals surface area contributed by atoms with Crippen molar-refractivity contribution in [1.29, 1.82) is 0 Å². The van der Waals surface area contributed by atoms with Gasteiger partial charge in [0.2, 0.25) is 0 Å². The van der Waals surface area contributed by atoms with Crippen molar-refractivity contribution in [3.05, 3.63) is 115 Å². The Balaban J connectivity index is 1.52. The van der Waals surface area contributed by atoms with Gasteiger partial charge in [-0.05, 0) is 48.1 Å². The molecule has 1 spiro atoms. The summed E-state index contributed by atoms with van der Waals surface area (Å²) in [5, 5.41) is 1.96. The Bertz CT molecular complexity index is 1510. The highest BCUT2D eigenvalue weighted by Crippen LogP contribution is 2.49. The zero-order chi connectivity index (χ0) is 25.4. The summed E-state index contributed by atoms with van der Waals surface area (Å²) in [6, 6.07) is 24.2. The molecule has 4 aromatic rings. The first kappa shape index (κ1) is 24.8. The lowest BCUT2D eigenvalue weighted by Crippen LogP contribution is -2.43. The summed E-state index contributed by atoms with van der Waals surface area (Å²) < 4.78 is 1.90. The molecule has 3 nitrogen and oxygen atoms in total. The number of halogens is 2. The molecule has 37 heavy (non-hydrogen) atoms. The van der Waals surface area contributed by atoms with Gasteiger partial charge in [-0.15, -0.1) is 0 Å². The predicted molar refractivity (Wildman–Crippen MR) is 154 cm³/mol. The van der Waals surface area contributed by atoms with Crippen LogP contribution in [0.3, 0.4) is 0 Å². The van der Waals surface area contributed by atoms with E-state index in [4.69, 9.17) is 28.2 Å². The van der Waals surface area contributed by atoms with Crippen molar-refractivity contribution in [3.8, 4) is 11.3 Å². The maximum Gasteiger partial charge on any atom is 0.258 e. The summed E-state index contributed by atoms with van der Waals surface area (Å²) in [6.07, 6.45) is 6.56. The summed E-state index contributed by atoms with van der Waals surface area (Å²) in [5.41, 5.74) is 6.25. The maximum absolute atomic E-state index is 14.5. The Morgan fingerprint density at radius 3 is 2.46 bits per heavy atom. The highest BCUT2D eigenvalue weighted by atomic mass is 35.5. The second-order valence-electron chi connectivity index (χ2n) is 10.2. The molecule has 0 radical (unpaired) electrons. The normalized spacial score (nSPS) is 15.8. The number of aromatic nitrogens is 2. The third-order valence-electron chi connectivity index (χ3n) is 7.83. The van der Waals surface area contributed by atoms with Gasteiger partial charge in [-0.3, -0.25) is 9.36 Å². The second-order valence-corrected chi connectivity index (χ2v) is 12.0. The van der Waals surface area contributed by atoms with Crippen LogP contribution in [0.15, 0.2) is 82.7 Å². The molecule has 2 aliphatic rings. The molecule has 6 rings (SSSR count). The fourth-order valence-electron chi connectivity index (χ4n) is 6.02. The summed E-state index contributed by atoms with van der Waals surface area (Å²) in [5.74, 6) is 0.600. The van der Waals surface area contributed by atoms with Gasteiger partial charge < -0.3 is 0 Å². The molecule has 0 N–H and O–H groups in total. The van der Waals surface area contributed by atoms with E-state index >= 15 is 0 Å². The van der Waals surface area contributed by atoms with Gasteiger partial charge in [-0.2, -0.15) is 0 Å². The zero-order valence-corrected chi connectivity index (χ0v) is 22.9. The first-order valence-corrected chi connectivity index (χ1v) is 14.6. The summed E-state index contributed by atoms with van der Waals surface area (Å²) in [6.45, 7) is 0.494. The van der Waals surface area contributed by atoms with Gasteiger partial charge in [0.1, 0.15) is 0 Å². The largest absolute Gasteiger partial charge is 0.283 e. The minimum absolute atomic E-state index is 0.106. The Morgan fingerprint density at radius 2 is 1.68 bits per heavy atom. The molecule has 1 fully saturated rings. The molecule has 2 aliphatic carbocycles. The smallest absolute Gasteiger partial charge is 0.258 e. The van der Waals surface area contributed by atoms with E-state index in [1.807, 2.05) is 34.9 Å². The van der Waals surface area contributed by atoms with Crippen LogP contribution >= 0.6 is 35.0 Å². The van der Waals surface area contributed by atoms with E-state index in [-0.39, 0.29) is 11.0 Å². The molecule has 0 bridgehead atoms. The van der Waals surface area contributed by atoms with Crippen molar-refractivity contribution < 1.29 is 0 Å². The minimum atomic E-state index is -0.132.